The molecule has 0 radical (unpaired) electrons. The summed E-state index contributed by atoms with van der Waals surface area (Å²) < 4.78 is 0. The van der Waals surface area contributed by atoms with Crippen LogP contribution in [0.25, 0.3) is 0 Å². The van der Waals surface area contributed by atoms with E-state index in [0.717, 1.165) is 19.3 Å². The summed E-state index contributed by atoms with van der Waals surface area (Å²) >= 11 is 0. The Labute approximate surface area is 94.1 Å². The zero-order valence-electron chi connectivity index (χ0n) is 8.42. The maximum atomic E-state index is 10.0. The molecule has 1 saturated carbocycles. The Hall–Kier alpha value is 0.540. The van der Waals surface area contributed by atoms with Gasteiger partial charge in [0.2, 0.25) is 0 Å². The highest BCUT2D eigenvalue weighted by atomic mass is 35.5. The largest absolute Gasteiger partial charge is 0.390 e. The van der Waals surface area contributed by atoms with Gasteiger partial charge in [-0.3, -0.25) is 0 Å². The summed E-state index contributed by atoms with van der Waals surface area (Å²) in [6.07, 6.45) is 9.33. The average molecular weight is 229 g/mol. The van der Waals surface area contributed by atoms with Crippen LogP contribution in [0, 0.1) is 0 Å². The lowest BCUT2D eigenvalue weighted by Gasteiger charge is -2.31. The van der Waals surface area contributed by atoms with Crippen molar-refractivity contribution in [3.05, 3.63) is 0 Å². The summed E-state index contributed by atoms with van der Waals surface area (Å²) in [5, 5.41) is 10.0. The molecule has 0 aromatic carbocycles. The van der Waals surface area contributed by atoms with Crippen LogP contribution in [-0.2, 0) is 0 Å². The predicted molar refractivity (Wildman–Crippen MR) is 62.1 cm³/mol. The Morgan fingerprint density at radius 3 is 2.08 bits per heavy atom. The first-order valence-electron chi connectivity index (χ1n) is 4.99. The minimum Gasteiger partial charge on any atom is -0.390 e. The maximum Gasteiger partial charge on any atom is 0.0647 e. The van der Waals surface area contributed by atoms with E-state index in [-0.39, 0.29) is 30.4 Å². The normalized spacial score (nSPS) is 19.8. The molecule has 82 valence electrons. The van der Waals surface area contributed by atoms with Crippen LogP contribution in [0.5, 0.6) is 0 Å². The van der Waals surface area contributed by atoms with Crippen LogP contribution in [0.3, 0.4) is 0 Å². The molecule has 0 heterocycles. The summed E-state index contributed by atoms with van der Waals surface area (Å²) in [6.45, 7) is 2.19. The van der Waals surface area contributed by atoms with Crippen LogP contribution < -0.4 is 0 Å². The van der Waals surface area contributed by atoms with E-state index >= 15 is 0 Å². The molecule has 0 aromatic rings. The van der Waals surface area contributed by atoms with Crippen molar-refractivity contribution in [1.82, 2.24) is 0 Å². The summed E-state index contributed by atoms with van der Waals surface area (Å²) in [4.78, 5) is 0. The summed E-state index contributed by atoms with van der Waals surface area (Å²) in [7, 11) is 0. The Kier molecular flexibility index (Phi) is 9.71. The first-order valence-corrected chi connectivity index (χ1v) is 4.99. The van der Waals surface area contributed by atoms with Gasteiger partial charge in [0.05, 0.1) is 5.60 Å². The van der Waals surface area contributed by atoms with Gasteiger partial charge in [-0.15, -0.1) is 24.8 Å². The van der Waals surface area contributed by atoms with Crippen molar-refractivity contribution in [2.24, 2.45) is 0 Å². The third-order valence-electron chi connectivity index (χ3n) is 2.78. The molecular weight excluding hydrogens is 207 g/mol. The number of hydrogen-bond acceptors (Lipinski definition) is 1. The van der Waals surface area contributed by atoms with Crippen molar-refractivity contribution >= 4 is 24.8 Å². The van der Waals surface area contributed by atoms with Gasteiger partial charge in [0.15, 0.2) is 0 Å². The molecule has 3 heteroatoms. The molecule has 1 aliphatic carbocycles. The number of hydrogen-bond donors (Lipinski definition) is 1. The highest BCUT2D eigenvalue weighted by molar-refractivity contribution is 5.85. The van der Waals surface area contributed by atoms with Gasteiger partial charge in [0.1, 0.15) is 0 Å². The molecule has 0 spiro atoms. The molecule has 1 N–H and O–H groups in total. The van der Waals surface area contributed by atoms with Gasteiger partial charge in [-0.05, 0) is 19.3 Å². The Balaban J connectivity index is 0. The Bertz CT molecular complexity index is 111. The van der Waals surface area contributed by atoms with Gasteiger partial charge in [-0.1, -0.05) is 39.0 Å². The second kappa shape index (κ2) is 7.90. The van der Waals surface area contributed by atoms with E-state index in [4.69, 9.17) is 0 Å². The topological polar surface area (TPSA) is 20.2 Å². The van der Waals surface area contributed by atoms with Gasteiger partial charge >= 0.3 is 0 Å². The lowest BCUT2D eigenvalue weighted by molar-refractivity contribution is -0.00549. The molecule has 1 aliphatic rings. The molecule has 0 aliphatic heterocycles. The van der Waals surface area contributed by atoms with Crippen LogP contribution in [-0.4, -0.2) is 10.7 Å². The molecule has 0 unspecified atom stereocenters. The molecule has 1 nitrogen and oxygen atoms in total. The van der Waals surface area contributed by atoms with Crippen molar-refractivity contribution in [3.63, 3.8) is 0 Å². The highest BCUT2D eigenvalue weighted by Gasteiger charge is 2.27. The fraction of sp³-hybridized carbons (Fsp3) is 1.00. The lowest BCUT2D eigenvalue weighted by atomic mass is 9.81. The molecule has 13 heavy (non-hydrogen) atoms. The first-order chi connectivity index (χ1) is 5.27. The van der Waals surface area contributed by atoms with Crippen LogP contribution in [0.2, 0.25) is 0 Å². The number of halogens is 2. The van der Waals surface area contributed by atoms with E-state index in [0.29, 0.717) is 0 Å². The number of unbranched alkanes of at least 4 members (excludes halogenated alkanes) is 1. The van der Waals surface area contributed by atoms with E-state index in [2.05, 4.69) is 6.92 Å². The zero-order chi connectivity index (χ0) is 8.16. The van der Waals surface area contributed by atoms with E-state index < -0.39 is 0 Å². The fourth-order valence-electron chi connectivity index (χ4n) is 1.97. The van der Waals surface area contributed by atoms with Gasteiger partial charge in [0.25, 0.3) is 0 Å². The van der Waals surface area contributed by atoms with Gasteiger partial charge < -0.3 is 5.11 Å². The van der Waals surface area contributed by atoms with E-state index in [1.807, 2.05) is 0 Å². The maximum absolute atomic E-state index is 10.0. The lowest BCUT2D eigenvalue weighted by Crippen LogP contribution is -2.30. The molecule has 1 fully saturated rings. The van der Waals surface area contributed by atoms with Crippen LogP contribution >= 0.6 is 24.8 Å². The van der Waals surface area contributed by atoms with Crippen LogP contribution in [0.15, 0.2) is 0 Å². The van der Waals surface area contributed by atoms with Crippen molar-refractivity contribution < 1.29 is 5.11 Å². The molecular formula is C10H22Cl2O. The summed E-state index contributed by atoms with van der Waals surface area (Å²) in [5.41, 5.74) is -0.270. The molecule has 0 amide bonds. The first kappa shape index (κ1) is 16.0. The van der Waals surface area contributed by atoms with Crippen molar-refractivity contribution in [2.75, 3.05) is 0 Å². The Morgan fingerprint density at radius 1 is 1.08 bits per heavy atom. The number of aliphatic hydroxyl groups is 1. The standard InChI is InChI=1S/C10H20O.2ClH/c1-2-3-7-10(11)8-5-4-6-9-10;;/h11H,2-9H2,1H3;2*1H. The zero-order valence-corrected chi connectivity index (χ0v) is 10.1. The van der Waals surface area contributed by atoms with E-state index in [9.17, 15) is 5.11 Å². The average Bonchev–Trinajstić information content (AvgIpc) is 2.03. The van der Waals surface area contributed by atoms with E-state index in [1.54, 1.807) is 0 Å². The third kappa shape index (κ3) is 5.77. The molecule has 0 bridgehead atoms. The molecule has 0 aromatic heterocycles. The third-order valence-corrected chi connectivity index (χ3v) is 2.78. The molecule has 0 atom stereocenters. The van der Waals surface area contributed by atoms with Crippen molar-refractivity contribution in [2.45, 2.75) is 63.9 Å². The Morgan fingerprint density at radius 2 is 1.62 bits per heavy atom. The van der Waals surface area contributed by atoms with Gasteiger partial charge in [-0.2, -0.15) is 0 Å². The minimum atomic E-state index is -0.270. The van der Waals surface area contributed by atoms with Gasteiger partial charge in [-0.25, -0.2) is 0 Å². The van der Waals surface area contributed by atoms with E-state index in [1.165, 1.54) is 32.1 Å². The minimum absolute atomic E-state index is 0. The second-order valence-electron chi connectivity index (χ2n) is 3.89. The summed E-state index contributed by atoms with van der Waals surface area (Å²) in [5.74, 6) is 0. The monoisotopic (exact) mass is 228 g/mol. The predicted octanol–water partition coefficient (Wildman–Crippen LogP) is 3.72. The fourth-order valence-corrected chi connectivity index (χ4v) is 1.97. The molecule has 0 saturated heterocycles. The molecule has 1 rings (SSSR count). The van der Waals surface area contributed by atoms with Crippen molar-refractivity contribution in [3.8, 4) is 0 Å². The van der Waals surface area contributed by atoms with Crippen LogP contribution in [0.1, 0.15) is 58.3 Å². The van der Waals surface area contributed by atoms with Gasteiger partial charge in [0, 0.05) is 0 Å². The second-order valence-corrected chi connectivity index (χ2v) is 3.89. The van der Waals surface area contributed by atoms with Crippen LogP contribution in [0.4, 0.5) is 0 Å². The summed E-state index contributed by atoms with van der Waals surface area (Å²) in [6, 6.07) is 0. The quantitative estimate of drug-likeness (QED) is 0.782. The highest BCUT2D eigenvalue weighted by Crippen LogP contribution is 2.31. The SMILES string of the molecule is CCCCC1(O)CCCCC1.Cl.Cl. The van der Waals surface area contributed by atoms with Crippen molar-refractivity contribution in [1.29, 1.82) is 0 Å². The number of rotatable bonds is 3. The smallest absolute Gasteiger partial charge is 0.0647 e.